The van der Waals surface area contributed by atoms with Crippen LogP contribution in [0.4, 0.5) is 15.8 Å². The van der Waals surface area contributed by atoms with E-state index in [1.165, 1.54) is 6.07 Å². The average molecular weight is 220 g/mol. The Balaban J connectivity index is 2.21. The molecule has 0 radical (unpaired) electrons. The lowest BCUT2D eigenvalue weighted by Gasteiger charge is -2.20. The highest BCUT2D eigenvalue weighted by Gasteiger charge is 2.09. The van der Waals surface area contributed by atoms with Gasteiger partial charge < -0.3 is 15.1 Å². The number of anilines is 2. The molecule has 0 unspecified atom stereocenters. The summed E-state index contributed by atoms with van der Waals surface area (Å²) >= 11 is 0. The van der Waals surface area contributed by atoms with Gasteiger partial charge in [0, 0.05) is 19.2 Å². The molecule has 0 aliphatic rings. The van der Waals surface area contributed by atoms with E-state index in [-0.39, 0.29) is 5.69 Å². The topological polar surface area (TPSA) is 42.4 Å². The summed E-state index contributed by atoms with van der Waals surface area (Å²) in [5, 5.41) is 0. The van der Waals surface area contributed by atoms with E-state index in [0.29, 0.717) is 12.2 Å². The maximum atomic E-state index is 13.2. The van der Waals surface area contributed by atoms with Gasteiger partial charge in [-0.05, 0) is 18.2 Å². The van der Waals surface area contributed by atoms with Crippen LogP contribution in [-0.4, -0.2) is 7.05 Å². The van der Waals surface area contributed by atoms with Crippen molar-refractivity contribution in [2.75, 3.05) is 17.7 Å². The Morgan fingerprint density at radius 2 is 2.19 bits per heavy atom. The summed E-state index contributed by atoms with van der Waals surface area (Å²) in [7, 11) is 1.86. The smallest absolute Gasteiger partial charge is 0.148 e. The van der Waals surface area contributed by atoms with E-state index in [1.807, 2.05) is 18.0 Å². The zero-order chi connectivity index (χ0) is 11.5. The number of halogens is 1. The van der Waals surface area contributed by atoms with Crippen LogP contribution in [0.15, 0.2) is 41.2 Å². The summed E-state index contributed by atoms with van der Waals surface area (Å²) in [6.45, 7) is 0.629. The lowest BCUT2D eigenvalue weighted by atomic mass is 10.2. The third-order valence-corrected chi connectivity index (χ3v) is 2.44. The number of furan rings is 1. The van der Waals surface area contributed by atoms with E-state index in [1.54, 1.807) is 24.7 Å². The molecule has 0 amide bonds. The highest BCUT2D eigenvalue weighted by Crippen LogP contribution is 2.25. The zero-order valence-corrected chi connectivity index (χ0v) is 8.98. The monoisotopic (exact) mass is 220 g/mol. The normalized spacial score (nSPS) is 10.4. The van der Waals surface area contributed by atoms with Crippen LogP contribution < -0.4 is 10.6 Å². The van der Waals surface area contributed by atoms with E-state index in [9.17, 15) is 4.39 Å². The molecule has 1 aromatic carbocycles. The van der Waals surface area contributed by atoms with Crippen LogP contribution in [0.2, 0.25) is 0 Å². The van der Waals surface area contributed by atoms with Gasteiger partial charge in [0.2, 0.25) is 0 Å². The number of nitrogens with zero attached hydrogens (tertiary/aromatic N) is 1. The molecule has 16 heavy (non-hydrogen) atoms. The Bertz CT molecular complexity index is 468. The maximum Gasteiger partial charge on any atom is 0.148 e. The van der Waals surface area contributed by atoms with Crippen LogP contribution in [0.3, 0.4) is 0 Å². The molecular formula is C12H13FN2O. The minimum Gasteiger partial charge on any atom is -0.472 e. The predicted octanol–water partition coefficient (Wildman–Crippen LogP) is 2.64. The molecule has 0 saturated carbocycles. The fraction of sp³-hybridized carbons (Fsp3) is 0.167. The van der Waals surface area contributed by atoms with Gasteiger partial charge in [-0.1, -0.05) is 6.07 Å². The van der Waals surface area contributed by atoms with Crippen molar-refractivity contribution >= 4 is 11.4 Å². The zero-order valence-electron chi connectivity index (χ0n) is 8.98. The molecule has 0 aliphatic heterocycles. The number of hydrogen-bond donors (Lipinski definition) is 1. The molecule has 0 aliphatic carbocycles. The predicted molar refractivity (Wildman–Crippen MR) is 61.6 cm³/mol. The number of hydrogen-bond acceptors (Lipinski definition) is 3. The molecular weight excluding hydrogens is 207 g/mol. The Kier molecular flexibility index (Phi) is 2.81. The van der Waals surface area contributed by atoms with Crippen molar-refractivity contribution in [3.8, 4) is 0 Å². The number of para-hydroxylation sites is 1. The molecule has 1 heterocycles. The second kappa shape index (κ2) is 4.26. The SMILES string of the molecule is CN(Cc1ccoc1)c1cccc(F)c1N. The first-order chi connectivity index (χ1) is 7.68. The van der Waals surface area contributed by atoms with E-state index in [2.05, 4.69) is 0 Å². The van der Waals surface area contributed by atoms with Gasteiger partial charge in [0.1, 0.15) is 5.82 Å². The standard InChI is InChI=1S/C12H13FN2O/c1-15(7-9-5-6-16-8-9)11-4-2-3-10(13)12(11)14/h2-6,8H,7,14H2,1H3. The van der Waals surface area contributed by atoms with Gasteiger partial charge in [0.05, 0.1) is 23.9 Å². The highest BCUT2D eigenvalue weighted by molar-refractivity contribution is 5.67. The number of benzene rings is 1. The van der Waals surface area contributed by atoms with Crippen molar-refractivity contribution in [3.63, 3.8) is 0 Å². The molecule has 4 heteroatoms. The molecule has 3 nitrogen and oxygen atoms in total. The molecule has 2 aromatic rings. The molecule has 1 aromatic heterocycles. The van der Waals surface area contributed by atoms with Gasteiger partial charge >= 0.3 is 0 Å². The second-order valence-corrected chi connectivity index (χ2v) is 3.66. The maximum absolute atomic E-state index is 13.2. The van der Waals surface area contributed by atoms with Gasteiger partial charge in [-0.2, -0.15) is 0 Å². The summed E-state index contributed by atoms with van der Waals surface area (Å²) in [4.78, 5) is 1.88. The van der Waals surface area contributed by atoms with Crippen molar-refractivity contribution in [3.05, 3.63) is 48.2 Å². The minimum atomic E-state index is -0.392. The van der Waals surface area contributed by atoms with Crippen molar-refractivity contribution in [2.45, 2.75) is 6.54 Å². The van der Waals surface area contributed by atoms with Gasteiger partial charge in [0.15, 0.2) is 0 Å². The average Bonchev–Trinajstić information content (AvgIpc) is 2.74. The van der Waals surface area contributed by atoms with Gasteiger partial charge in [-0.25, -0.2) is 4.39 Å². The van der Waals surface area contributed by atoms with Crippen LogP contribution in [0.5, 0.6) is 0 Å². The quantitative estimate of drug-likeness (QED) is 0.808. The Morgan fingerprint density at radius 3 is 2.88 bits per heavy atom. The van der Waals surface area contributed by atoms with Crippen LogP contribution in [0, 0.1) is 5.82 Å². The van der Waals surface area contributed by atoms with E-state index >= 15 is 0 Å². The first kappa shape index (κ1) is 10.5. The largest absolute Gasteiger partial charge is 0.472 e. The van der Waals surface area contributed by atoms with E-state index in [4.69, 9.17) is 10.2 Å². The van der Waals surface area contributed by atoms with E-state index in [0.717, 1.165) is 5.56 Å². The third-order valence-electron chi connectivity index (χ3n) is 2.44. The minimum absolute atomic E-state index is 0.175. The fourth-order valence-corrected chi connectivity index (χ4v) is 1.60. The molecule has 0 bridgehead atoms. The Morgan fingerprint density at radius 1 is 1.38 bits per heavy atom. The van der Waals surface area contributed by atoms with Crippen molar-refractivity contribution in [1.29, 1.82) is 0 Å². The lowest BCUT2D eigenvalue weighted by Crippen LogP contribution is -2.17. The Hall–Kier alpha value is -1.97. The third kappa shape index (κ3) is 2.00. The van der Waals surface area contributed by atoms with Crippen molar-refractivity contribution < 1.29 is 8.81 Å². The molecule has 84 valence electrons. The van der Waals surface area contributed by atoms with Crippen LogP contribution in [0.25, 0.3) is 0 Å². The van der Waals surface area contributed by atoms with Crippen molar-refractivity contribution in [1.82, 2.24) is 0 Å². The molecule has 2 N–H and O–H groups in total. The van der Waals surface area contributed by atoms with Crippen LogP contribution >= 0.6 is 0 Å². The summed E-state index contributed by atoms with van der Waals surface area (Å²) in [5.41, 5.74) is 7.55. The molecule has 0 atom stereocenters. The van der Waals surface area contributed by atoms with Crippen LogP contribution in [0.1, 0.15) is 5.56 Å². The summed E-state index contributed by atoms with van der Waals surface area (Å²) in [5.74, 6) is -0.392. The molecule has 0 fully saturated rings. The van der Waals surface area contributed by atoms with Gasteiger partial charge in [0.25, 0.3) is 0 Å². The van der Waals surface area contributed by atoms with E-state index < -0.39 is 5.82 Å². The first-order valence-electron chi connectivity index (χ1n) is 4.94. The van der Waals surface area contributed by atoms with Gasteiger partial charge in [-0.3, -0.25) is 0 Å². The molecule has 0 spiro atoms. The summed E-state index contributed by atoms with van der Waals surface area (Å²) < 4.78 is 18.2. The Labute approximate surface area is 93.3 Å². The van der Waals surface area contributed by atoms with Crippen LogP contribution in [-0.2, 0) is 6.54 Å². The highest BCUT2D eigenvalue weighted by atomic mass is 19.1. The molecule has 2 rings (SSSR count). The fourth-order valence-electron chi connectivity index (χ4n) is 1.60. The van der Waals surface area contributed by atoms with Gasteiger partial charge in [-0.15, -0.1) is 0 Å². The number of nitrogen functional groups attached to an aromatic ring is 1. The first-order valence-corrected chi connectivity index (χ1v) is 4.94. The summed E-state index contributed by atoms with van der Waals surface area (Å²) in [6, 6.07) is 6.65. The lowest BCUT2D eigenvalue weighted by molar-refractivity contribution is 0.563. The van der Waals surface area contributed by atoms with Crippen molar-refractivity contribution in [2.24, 2.45) is 0 Å². The number of nitrogens with two attached hydrogens (primary N) is 1. The summed E-state index contributed by atoms with van der Waals surface area (Å²) in [6.07, 6.45) is 3.27. The molecule has 0 saturated heterocycles. The number of rotatable bonds is 3. The second-order valence-electron chi connectivity index (χ2n) is 3.66.